The Morgan fingerprint density at radius 2 is 1.52 bits per heavy atom. The molecule has 0 aliphatic carbocycles. The van der Waals surface area contributed by atoms with Crippen LogP contribution in [0.15, 0.2) is 24.3 Å². The standard InChI is InChI=1S/C11H14O4.C7H8O3/c1-3-4-7(12)10-9(14)5-8(13)6(2)11(10)15;1-10-7-3-5(8)2-6(9)4-7/h5,13-15H,3-4H2,1-2H3;2-4,8-9H,1H3. The third-order valence-electron chi connectivity index (χ3n) is 3.37. The fourth-order valence-corrected chi connectivity index (χ4v) is 2.05. The van der Waals surface area contributed by atoms with Crippen LogP contribution in [0.25, 0.3) is 0 Å². The Kier molecular flexibility index (Phi) is 6.93. The smallest absolute Gasteiger partial charge is 0.170 e. The molecule has 0 radical (unpaired) electrons. The first kappa shape index (κ1) is 20.0. The summed E-state index contributed by atoms with van der Waals surface area (Å²) in [4.78, 5) is 11.5. The van der Waals surface area contributed by atoms with Crippen LogP contribution >= 0.6 is 0 Å². The van der Waals surface area contributed by atoms with Gasteiger partial charge in [-0.25, -0.2) is 0 Å². The van der Waals surface area contributed by atoms with Crippen LogP contribution in [-0.4, -0.2) is 38.4 Å². The molecule has 2 aromatic rings. The third kappa shape index (κ3) is 5.20. The van der Waals surface area contributed by atoms with Crippen molar-refractivity contribution in [3.8, 4) is 34.5 Å². The molecule has 25 heavy (non-hydrogen) atoms. The highest BCUT2D eigenvalue weighted by Crippen LogP contribution is 2.37. The van der Waals surface area contributed by atoms with Gasteiger partial charge in [0.05, 0.1) is 7.11 Å². The van der Waals surface area contributed by atoms with Crippen molar-refractivity contribution in [3.05, 3.63) is 35.4 Å². The van der Waals surface area contributed by atoms with E-state index in [-0.39, 0.29) is 52.1 Å². The fraction of sp³-hybridized carbons (Fsp3) is 0.278. The monoisotopic (exact) mass is 350 g/mol. The highest BCUT2D eigenvalue weighted by molar-refractivity contribution is 6.01. The zero-order valence-electron chi connectivity index (χ0n) is 14.3. The largest absolute Gasteiger partial charge is 0.508 e. The number of phenols is 5. The van der Waals surface area contributed by atoms with Crippen LogP contribution in [0.5, 0.6) is 34.5 Å². The number of hydrogen-bond donors (Lipinski definition) is 5. The van der Waals surface area contributed by atoms with Crippen molar-refractivity contribution in [2.75, 3.05) is 7.11 Å². The minimum atomic E-state index is -0.381. The molecule has 5 N–H and O–H groups in total. The quantitative estimate of drug-likeness (QED) is 0.536. The summed E-state index contributed by atoms with van der Waals surface area (Å²) in [6.07, 6.45) is 0.892. The van der Waals surface area contributed by atoms with Crippen molar-refractivity contribution in [2.24, 2.45) is 0 Å². The number of carbonyl (C=O) groups excluding carboxylic acids is 1. The summed E-state index contributed by atoms with van der Waals surface area (Å²) in [5.41, 5.74) is 0.0967. The molecule has 0 bridgehead atoms. The molecule has 2 aromatic carbocycles. The molecule has 0 amide bonds. The van der Waals surface area contributed by atoms with Gasteiger partial charge in [0.2, 0.25) is 0 Å². The molecule has 0 aliphatic heterocycles. The Morgan fingerprint density at radius 1 is 0.960 bits per heavy atom. The SMILES string of the molecule is CCCC(=O)c1c(O)cc(O)c(C)c1O.COc1cc(O)cc(O)c1. The van der Waals surface area contributed by atoms with E-state index in [4.69, 9.17) is 14.9 Å². The number of benzene rings is 2. The minimum absolute atomic E-state index is 0.00292. The lowest BCUT2D eigenvalue weighted by Crippen LogP contribution is -2.00. The molecule has 0 aromatic heterocycles. The second-order valence-corrected chi connectivity index (χ2v) is 5.33. The summed E-state index contributed by atoms with van der Waals surface area (Å²) in [5, 5.41) is 46.1. The molecular formula is C18H22O7. The zero-order valence-corrected chi connectivity index (χ0v) is 14.3. The number of ketones is 1. The first-order valence-electron chi connectivity index (χ1n) is 7.55. The lowest BCUT2D eigenvalue weighted by atomic mass is 10.0. The molecule has 0 unspecified atom stereocenters. The summed E-state index contributed by atoms with van der Waals surface area (Å²) in [6, 6.07) is 5.14. The summed E-state index contributed by atoms with van der Waals surface area (Å²) >= 11 is 0. The average Bonchev–Trinajstić information content (AvgIpc) is 2.52. The predicted octanol–water partition coefficient (Wildman–Crippen LogP) is 3.20. The highest BCUT2D eigenvalue weighted by Gasteiger charge is 2.19. The molecule has 0 saturated heterocycles. The van der Waals surface area contributed by atoms with Crippen molar-refractivity contribution in [2.45, 2.75) is 26.7 Å². The Morgan fingerprint density at radius 3 is 2.00 bits per heavy atom. The second kappa shape index (κ2) is 8.68. The summed E-state index contributed by atoms with van der Waals surface area (Å²) < 4.78 is 4.76. The van der Waals surface area contributed by atoms with E-state index in [0.29, 0.717) is 12.2 Å². The summed E-state index contributed by atoms with van der Waals surface area (Å²) in [7, 11) is 1.47. The van der Waals surface area contributed by atoms with Gasteiger partial charge in [0.1, 0.15) is 40.1 Å². The number of carbonyl (C=O) groups is 1. The molecule has 0 aliphatic rings. The van der Waals surface area contributed by atoms with Crippen LogP contribution in [-0.2, 0) is 0 Å². The van der Waals surface area contributed by atoms with Gasteiger partial charge in [0, 0.05) is 36.2 Å². The maximum Gasteiger partial charge on any atom is 0.170 e. The van der Waals surface area contributed by atoms with Crippen molar-refractivity contribution < 1.29 is 35.1 Å². The topological polar surface area (TPSA) is 127 Å². The molecule has 0 spiro atoms. The van der Waals surface area contributed by atoms with Gasteiger partial charge in [0.25, 0.3) is 0 Å². The number of ether oxygens (including phenoxy) is 1. The second-order valence-electron chi connectivity index (χ2n) is 5.33. The van der Waals surface area contributed by atoms with Crippen molar-refractivity contribution in [1.82, 2.24) is 0 Å². The van der Waals surface area contributed by atoms with Crippen molar-refractivity contribution >= 4 is 5.78 Å². The Hall–Kier alpha value is -3.09. The van der Waals surface area contributed by atoms with Crippen LogP contribution < -0.4 is 4.74 Å². The molecule has 0 saturated carbocycles. The Bertz CT molecular complexity index is 733. The van der Waals surface area contributed by atoms with E-state index in [1.165, 1.54) is 32.2 Å². The Labute approximate surface area is 145 Å². The molecule has 136 valence electrons. The first-order valence-corrected chi connectivity index (χ1v) is 7.55. The summed E-state index contributed by atoms with van der Waals surface area (Å²) in [6.45, 7) is 3.31. The normalized spacial score (nSPS) is 9.88. The van der Waals surface area contributed by atoms with Gasteiger partial charge in [-0.1, -0.05) is 6.92 Å². The van der Waals surface area contributed by atoms with E-state index < -0.39 is 0 Å². The van der Waals surface area contributed by atoms with Crippen LogP contribution in [0.3, 0.4) is 0 Å². The van der Waals surface area contributed by atoms with Crippen LogP contribution in [0, 0.1) is 6.92 Å². The lowest BCUT2D eigenvalue weighted by Gasteiger charge is -2.09. The van der Waals surface area contributed by atoms with E-state index in [1.54, 1.807) is 0 Å². The minimum Gasteiger partial charge on any atom is -0.508 e. The molecule has 7 nitrogen and oxygen atoms in total. The molecule has 2 rings (SSSR count). The maximum absolute atomic E-state index is 11.5. The number of Topliss-reactive ketones (excluding diaryl/α,β-unsaturated/α-hetero) is 1. The van der Waals surface area contributed by atoms with Crippen LogP contribution in [0.2, 0.25) is 0 Å². The van der Waals surface area contributed by atoms with E-state index in [9.17, 15) is 20.1 Å². The van der Waals surface area contributed by atoms with Gasteiger partial charge in [0.15, 0.2) is 5.78 Å². The summed E-state index contributed by atoms with van der Waals surface area (Å²) in [5.74, 6) is -0.833. The number of phenolic OH excluding ortho intramolecular Hbond substituents is 5. The van der Waals surface area contributed by atoms with E-state index in [1.807, 2.05) is 6.92 Å². The highest BCUT2D eigenvalue weighted by atomic mass is 16.5. The van der Waals surface area contributed by atoms with Crippen LogP contribution in [0.4, 0.5) is 0 Å². The van der Waals surface area contributed by atoms with Crippen molar-refractivity contribution in [1.29, 1.82) is 0 Å². The number of hydrogen-bond acceptors (Lipinski definition) is 7. The van der Waals surface area contributed by atoms with Crippen molar-refractivity contribution in [3.63, 3.8) is 0 Å². The average molecular weight is 350 g/mol. The van der Waals surface area contributed by atoms with Gasteiger partial charge in [-0.05, 0) is 13.3 Å². The van der Waals surface area contributed by atoms with Gasteiger partial charge in [-0.2, -0.15) is 0 Å². The van der Waals surface area contributed by atoms with Gasteiger partial charge in [-0.3, -0.25) is 4.79 Å². The van der Waals surface area contributed by atoms with Gasteiger partial charge >= 0.3 is 0 Å². The zero-order chi connectivity index (χ0) is 19.1. The predicted molar refractivity (Wildman–Crippen MR) is 91.7 cm³/mol. The lowest BCUT2D eigenvalue weighted by molar-refractivity contribution is 0.0976. The van der Waals surface area contributed by atoms with E-state index >= 15 is 0 Å². The number of aromatic hydroxyl groups is 5. The number of methoxy groups -OCH3 is 1. The van der Waals surface area contributed by atoms with E-state index in [0.717, 1.165) is 6.07 Å². The first-order chi connectivity index (χ1) is 11.7. The van der Waals surface area contributed by atoms with Crippen LogP contribution in [0.1, 0.15) is 35.7 Å². The molecule has 0 fully saturated rings. The van der Waals surface area contributed by atoms with Gasteiger partial charge in [-0.15, -0.1) is 0 Å². The molecule has 7 heteroatoms. The van der Waals surface area contributed by atoms with Gasteiger partial charge < -0.3 is 30.3 Å². The van der Waals surface area contributed by atoms with E-state index in [2.05, 4.69) is 0 Å². The Balaban J connectivity index is 0.000000271. The fourth-order valence-electron chi connectivity index (χ4n) is 2.05. The maximum atomic E-state index is 11.5. The number of rotatable bonds is 4. The third-order valence-corrected chi connectivity index (χ3v) is 3.37. The molecular weight excluding hydrogens is 328 g/mol. The molecule has 0 heterocycles. The molecule has 0 atom stereocenters.